The maximum absolute atomic E-state index is 2.25. The molecule has 0 saturated carbocycles. The van der Waals surface area contributed by atoms with Gasteiger partial charge in [0, 0.05) is 0 Å². The highest BCUT2D eigenvalue weighted by Gasteiger charge is 2.06. The van der Waals surface area contributed by atoms with E-state index in [1.807, 2.05) is 0 Å². The third-order valence-corrected chi connectivity index (χ3v) is 3.87. The number of hydrogen-bond donors (Lipinski definition) is 0. The smallest absolute Gasteiger partial charge is 0.00194 e. The van der Waals surface area contributed by atoms with Crippen molar-refractivity contribution >= 4 is 0 Å². The molecule has 1 aliphatic carbocycles. The Bertz CT molecular complexity index is 922. The van der Waals surface area contributed by atoms with Crippen LogP contribution in [0.1, 0.15) is 11.1 Å². The van der Waals surface area contributed by atoms with Gasteiger partial charge in [0.1, 0.15) is 0 Å². The minimum Gasteiger partial charge on any atom is -0.0622 e. The van der Waals surface area contributed by atoms with Gasteiger partial charge in [-0.15, -0.1) is 0 Å². The number of fused-ring (bicyclic) bond motifs is 2. The van der Waals surface area contributed by atoms with E-state index >= 15 is 0 Å². The first-order valence-electron chi connectivity index (χ1n) is 6.69. The van der Waals surface area contributed by atoms with E-state index in [9.17, 15) is 0 Å². The molecule has 0 unspecified atom stereocenters. The average Bonchev–Trinajstić information content (AvgIpc) is 2.45. The molecule has 0 spiro atoms. The van der Waals surface area contributed by atoms with Gasteiger partial charge in [-0.1, -0.05) is 72.8 Å². The first-order valence-corrected chi connectivity index (χ1v) is 6.69. The van der Waals surface area contributed by atoms with E-state index in [-0.39, 0.29) is 0 Å². The quantitative estimate of drug-likeness (QED) is 0.495. The Kier molecular flexibility index (Phi) is 2.28. The molecular formula is C19H14. The van der Waals surface area contributed by atoms with Crippen LogP contribution < -0.4 is 0 Å². The summed E-state index contributed by atoms with van der Waals surface area (Å²) in [4.78, 5) is 0. The lowest BCUT2D eigenvalue weighted by Crippen LogP contribution is -1.98. The van der Waals surface area contributed by atoms with Gasteiger partial charge in [0.05, 0.1) is 0 Å². The largest absolute Gasteiger partial charge is 0.0622 e. The maximum Gasteiger partial charge on any atom is -0.00194 e. The molecule has 0 saturated heterocycles. The summed E-state index contributed by atoms with van der Waals surface area (Å²) in [6, 6.07) is 26.0. The third-order valence-electron chi connectivity index (χ3n) is 3.87. The molecule has 0 amide bonds. The predicted molar refractivity (Wildman–Crippen MR) is 77.5 cm³/mol. The Hall–Kier alpha value is -2.34. The van der Waals surface area contributed by atoms with Crippen molar-refractivity contribution in [3.05, 3.63) is 105 Å². The van der Waals surface area contributed by atoms with Gasteiger partial charge < -0.3 is 0 Å². The highest BCUT2D eigenvalue weighted by atomic mass is 14.1. The molecule has 0 bridgehead atoms. The monoisotopic (exact) mass is 242 g/mol. The predicted octanol–water partition coefficient (Wildman–Crippen LogP) is 4.16. The summed E-state index contributed by atoms with van der Waals surface area (Å²) in [5.41, 5.74) is 2.81. The average molecular weight is 242 g/mol. The minimum absolute atomic E-state index is 1.01. The van der Waals surface area contributed by atoms with Crippen molar-refractivity contribution in [1.82, 2.24) is 0 Å². The molecule has 3 aromatic rings. The molecule has 3 aromatic carbocycles. The van der Waals surface area contributed by atoms with Crippen molar-refractivity contribution in [3.63, 3.8) is 0 Å². The van der Waals surface area contributed by atoms with Gasteiger partial charge in [0.25, 0.3) is 0 Å². The van der Waals surface area contributed by atoms with Gasteiger partial charge in [-0.05, 0) is 38.4 Å². The molecule has 0 radical (unpaired) electrons. The first kappa shape index (κ1) is 10.6. The fourth-order valence-corrected chi connectivity index (χ4v) is 2.98. The van der Waals surface area contributed by atoms with E-state index in [4.69, 9.17) is 0 Å². The van der Waals surface area contributed by atoms with Gasteiger partial charge >= 0.3 is 0 Å². The molecular weight excluding hydrogens is 228 g/mol. The Morgan fingerprint density at radius 2 is 1.21 bits per heavy atom. The summed E-state index contributed by atoms with van der Waals surface area (Å²) in [5, 5.41) is 5.66. The van der Waals surface area contributed by atoms with Crippen LogP contribution in [-0.2, 0) is 6.42 Å². The van der Waals surface area contributed by atoms with Crippen LogP contribution in [0.15, 0.2) is 72.8 Å². The van der Waals surface area contributed by atoms with E-state index in [1.54, 1.807) is 0 Å². The molecule has 4 rings (SSSR count). The Morgan fingerprint density at radius 3 is 2.05 bits per heavy atom. The van der Waals surface area contributed by atoms with Crippen LogP contribution in [0.2, 0.25) is 0 Å². The Morgan fingerprint density at radius 1 is 0.526 bits per heavy atom. The third kappa shape index (κ3) is 1.61. The summed E-state index contributed by atoms with van der Waals surface area (Å²) in [6.45, 7) is 0. The van der Waals surface area contributed by atoms with Crippen LogP contribution >= 0.6 is 0 Å². The van der Waals surface area contributed by atoms with Crippen LogP contribution in [0.4, 0.5) is 0 Å². The number of hydrogen-bond acceptors (Lipinski definition) is 0. The van der Waals surface area contributed by atoms with E-state index in [0.717, 1.165) is 6.42 Å². The second-order valence-corrected chi connectivity index (χ2v) is 5.05. The number of rotatable bonds is 2. The second-order valence-electron chi connectivity index (χ2n) is 5.05. The summed E-state index contributed by atoms with van der Waals surface area (Å²) in [6.07, 6.45) is 1.01. The summed E-state index contributed by atoms with van der Waals surface area (Å²) in [7, 11) is 0. The van der Waals surface area contributed by atoms with Crippen LogP contribution in [0.3, 0.4) is 0 Å². The molecule has 0 heteroatoms. The van der Waals surface area contributed by atoms with Crippen molar-refractivity contribution in [2.45, 2.75) is 6.42 Å². The van der Waals surface area contributed by atoms with Crippen molar-refractivity contribution in [1.29, 1.82) is 0 Å². The molecule has 0 N–H and O–H groups in total. The van der Waals surface area contributed by atoms with Crippen LogP contribution in [0.25, 0.3) is 0 Å². The van der Waals surface area contributed by atoms with Gasteiger partial charge in [-0.2, -0.15) is 0 Å². The van der Waals surface area contributed by atoms with Crippen molar-refractivity contribution in [2.75, 3.05) is 0 Å². The van der Waals surface area contributed by atoms with Gasteiger partial charge in [-0.25, -0.2) is 0 Å². The van der Waals surface area contributed by atoms with Gasteiger partial charge in [0.2, 0.25) is 0 Å². The van der Waals surface area contributed by atoms with Crippen molar-refractivity contribution in [2.24, 2.45) is 0 Å². The Balaban J connectivity index is 1.94. The first-order chi connectivity index (χ1) is 9.43. The summed E-state index contributed by atoms with van der Waals surface area (Å²) in [5.74, 6) is 0. The van der Waals surface area contributed by atoms with E-state index < -0.39 is 0 Å². The van der Waals surface area contributed by atoms with Gasteiger partial charge in [-0.3, -0.25) is 0 Å². The molecule has 0 heterocycles. The number of benzene rings is 3. The SMILES string of the molecule is c1ccc(Cc2cccc3c2=c2ccccc2=3)cc1. The molecule has 0 atom stereocenters. The lowest BCUT2D eigenvalue weighted by atomic mass is 9.94. The summed E-state index contributed by atoms with van der Waals surface area (Å²) >= 11 is 0. The van der Waals surface area contributed by atoms with E-state index in [2.05, 4.69) is 72.8 Å². The maximum atomic E-state index is 2.25. The lowest BCUT2D eigenvalue weighted by Gasteiger charge is -2.10. The molecule has 0 aliphatic heterocycles. The fraction of sp³-hybridized carbons (Fsp3) is 0.0526. The van der Waals surface area contributed by atoms with Crippen molar-refractivity contribution in [3.8, 4) is 0 Å². The fourth-order valence-electron chi connectivity index (χ4n) is 2.98. The molecule has 90 valence electrons. The normalized spacial score (nSPS) is 11.4. The summed E-state index contributed by atoms with van der Waals surface area (Å²) < 4.78 is 0. The van der Waals surface area contributed by atoms with Crippen LogP contribution in [-0.4, -0.2) is 0 Å². The van der Waals surface area contributed by atoms with Crippen LogP contribution in [0, 0.1) is 20.9 Å². The van der Waals surface area contributed by atoms with E-state index in [0.29, 0.717) is 0 Å². The molecule has 0 aromatic heterocycles. The zero-order chi connectivity index (χ0) is 12.7. The lowest BCUT2D eigenvalue weighted by molar-refractivity contribution is 1.13. The van der Waals surface area contributed by atoms with Crippen molar-refractivity contribution < 1.29 is 0 Å². The second kappa shape index (κ2) is 4.10. The zero-order valence-electron chi connectivity index (χ0n) is 10.6. The molecule has 0 nitrogen and oxygen atoms in total. The topological polar surface area (TPSA) is 0 Å². The van der Waals surface area contributed by atoms with E-state index in [1.165, 1.54) is 32.0 Å². The van der Waals surface area contributed by atoms with Gasteiger partial charge in [0.15, 0.2) is 0 Å². The minimum atomic E-state index is 1.01. The Labute approximate surface area is 112 Å². The zero-order valence-corrected chi connectivity index (χ0v) is 10.6. The highest BCUT2D eigenvalue weighted by Crippen LogP contribution is 2.19. The highest BCUT2D eigenvalue weighted by molar-refractivity contribution is 5.36. The molecule has 19 heavy (non-hydrogen) atoms. The standard InChI is InChI=1S/C19H14/c1-2-7-14(8-3-1)13-15-9-6-12-18-16-10-4-5-11-17(16)19(15)18/h1-12H,13H2. The molecule has 1 aliphatic rings. The molecule has 0 fully saturated rings. The van der Waals surface area contributed by atoms with Crippen LogP contribution in [0.5, 0.6) is 0 Å².